The molecule has 35 heavy (non-hydrogen) atoms. The second-order valence-electron chi connectivity index (χ2n) is 11.5. The first kappa shape index (κ1) is 27.4. The van der Waals surface area contributed by atoms with Crippen molar-refractivity contribution in [3.05, 3.63) is 23.4 Å². The van der Waals surface area contributed by atoms with Crippen molar-refractivity contribution in [1.82, 2.24) is 10.3 Å². The van der Waals surface area contributed by atoms with Crippen LogP contribution in [0.15, 0.2) is 12.1 Å². The largest absolute Gasteiger partial charge is 0.467 e. The Morgan fingerprint density at radius 2 is 1.80 bits per heavy atom. The molecule has 0 unspecified atom stereocenters. The van der Waals surface area contributed by atoms with E-state index < -0.39 is 6.04 Å². The number of carbonyl (C=O) groups excluding carboxylic acids is 2. The molecule has 1 fully saturated rings. The zero-order valence-electron chi connectivity index (χ0n) is 22.4. The van der Waals surface area contributed by atoms with Crippen LogP contribution < -0.4 is 10.6 Å². The van der Waals surface area contributed by atoms with Gasteiger partial charge >= 0.3 is 5.97 Å². The molecule has 1 aromatic heterocycles. The monoisotopic (exact) mass is 487 g/mol. The van der Waals surface area contributed by atoms with Crippen molar-refractivity contribution < 1.29 is 19.1 Å². The van der Waals surface area contributed by atoms with E-state index in [1.807, 2.05) is 27.7 Å². The van der Waals surface area contributed by atoms with Gasteiger partial charge in [0.2, 0.25) is 5.91 Å². The number of fused-ring (bicyclic) bond motifs is 1. The summed E-state index contributed by atoms with van der Waals surface area (Å²) in [6.07, 6.45) is 10.4. The van der Waals surface area contributed by atoms with Crippen molar-refractivity contribution in [3.63, 3.8) is 0 Å². The number of esters is 1. The Kier molecular flexibility index (Phi) is 9.56. The van der Waals surface area contributed by atoms with E-state index in [-0.39, 0.29) is 29.0 Å². The number of aromatic nitrogens is 1. The number of rotatable bonds is 11. The molecule has 0 bridgehead atoms. The van der Waals surface area contributed by atoms with Gasteiger partial charge in [-0.05, 0) is 84.3 Å². The van der Waals surface area contributed by atoms with Gasteiger partial charge in [0.1, 0.15) is 11.9 Å². The summed E-state index contributed by atoms with van der Waals surface area (Å²) in [6, 6.07) is 3.79. The van der Waals surface area contributed by atoms with Crippen molar-refractivity contribution in [2.75, 3.05) is 19.0 Å². The molecule has 1 saturated heterocycles. The SMILES string of the molecule is COC(=O)[C@H](CCCCCCCc1ccc2c(n1)NCCC2)NC(=O)C1CC(C)(C)OC(C)(C)C1. The van der Waals surface area contributed by atoms with E-state index in [0.29, 0.717) is 19.3 Å². The molecule has 0 spiro atoms. The molecule has 0 saturated carbocycles. The highest BCUT2D eigenvalue weighted by molar-refractivity contribution is 5.85. The Bertz CT molecular complexity index is 852. The Balaban J connectivity index is 1.38. The average Bonchev–Trinajstić information content (AvgIpc) is 2.80. The van der Waals surface area contributed by atoms with Crippen molar-refractivity contribution in [1.29, 1.82) is 0 Å². The van der Waals surface area contributed by atoms with Gasteiger partial charge in [-0.25, -0.2) is 9.78 Å². The minimum absolute atomic E-state index is 0.0723. The van der Waals surface area contributed by atoms with Gasteiger partial charge in [-0.1, -0.05) is 31.7 Å². The smallest absolute Gasteiger partial charge is 0.328 e. The number of hydrogen-bond acceptors (Lipinski definition) is 6. The van der Waals surface area contributed by atoms with E-state index >= 15 is 0 Å². The summed E-state index contributed by atoms with van der Waals surface area (Å²) in [4.78, 5) is 30.1. The van der Waals surface area contributed by atoms with Crippen LogP contribution in [0.1, 0.15) is 96.7 Å². The second-order valence-corrected chi connectivity index (χ2v) is 11.5. The van der Waals surface area contributed by atoms with Crippen molar-refractivity contribution in [3.8, 4) is 0 Å². The summed E-state index contributed by atoms with van der Waals surface area (Å²) >= 11 is 0. The molecule has 2 aliphatic heterocycles. The standard InChI is InChI=1S/C28H45N3O4/c1-27(2)18-21(19-28(3,4)35-27)25(32)31-23(26(33)34-5)14-10-8-6-7-9-13-22-16-15-20-12-11-17-29-24(20)30-22/h15-16,21,23H,6-14,17-19H2,1-5H3,(H,29,30)(H,31,32)/t23-/m0/s1. The lowest BCUT2D eigenvalue weighted by molar-refractivity contribution is -0.179. The Morgan fingerprint density at radius 3 is 2.51 bits per heavy atom. The lowest BCUT2D eigenvalue weighted by Crippen LogP contribution is -2.52. The maximum absolute atomic E-state index is 13.0. The van der Waals surface area contributed by atoms with Crippen molar-refractivity contribution >= 4 is 17.7 Å². The van der Waals surface area contributed by atoms with Crippen LogP contribution in [0.2, 0.25) is 0 Å². The van der Waals surface area contributed by atoms with E-state index in [1.54, 1.807) is 0 Å². The number of amides is 1. The van der Waals surface area contributed by atoms with E-state index in [0.717, 1.165) is 63.0 Å². The molecule has 0 aliphatic carbocycles. The van der Waals surface area contributed by atoms with Gasteiger partial charge in [0.05, 0.1) is 18.3 Å². The summed E-state index contributed by atoms with van der Waals surface area (Å²) in [7, 11) is 1.38. The molecule has 7 nitrogen and oxygen atoms in total. The topological polar surface area (TPSA) is 89.5 Å². The number of nitrogens with zero attached hydrogens (tertiary/aromatic N) is 1. The number of anilines is 1. The molecule has 1 amide bonds. The molecule has 196 valence electrons. The van der Waals surface area contributed by atoms with Crippen molar-refractivity contribution in [2.24, 2.45) is 5.92 Å². The Labute approximate surface area is 211 Å². The van der Waals surface area contributed by atoms with Crippen LogP contribution in [0.4, 0.5) is 5.82 Å². The van der Waals surface area contributed by atoms with Crippen LogP contribution in [0.5, 0.6) is 0 Å². The minimum atomic E-state index is -0.589. The third-order valence-corrected chi connectivity index (χ3v) is 7.08. The van der Waals surface area contributed by atoms with Gasteiger partial charge in [0, 0.05) is 18.2 Å². The van der Waals surface area contributed by atoms with Crippen LogP contribution in [-0.2, 0) is 31.9 Å². The number of unbranched alkanes of at least 4 members (excludes halogenated alkanes) is 4. The number of carbonyl (C=O) groups is 2. The molecule has 3 rings (SSSR count). The summed E-state index contributed by atoms with van der Waals surface area (Å²) in [5.74, 6) is 0.457. The second kappa shape index (κ2) is 12.2. The number of methoxy groups -OCH3 is 1. The highest BCUT2D eigenvalue weighted by Crippen LogP contribution is 2.38. The number of hydrogen-bond donors (Lipinski definition) is 2. The lowest BCUT2D eigenvalue weighted by atomic mass is 9.80. The van der Waals surface area contributed by atoms with Crippen LogP contribution in [0, 0.1) is 5.92 Å². The predicted molar refractivity (Wildman–Crippen MR) is 138 cm³/mol. The van der Waals surface area contributed by atoms with Crippen LogP contribution >= 0.6 is 0 Å². The third-order valence-electron chi connectivity index (χ3n) is 7.08. The summed E-state index contributed by atoms with van der Waals surface area (Å²) in [6.45, 7) is 9.09. The molecule has 1 atom stereocenters. The molecule has 2 N–H and O–H groups in total. The third kappa shape index (κ3) is 8.48. The quantitative estimate of drug-likeness (QED) is 0.339. The normalized spacial score (nSPS) is 19.8. The number of nitrogens with one attached hydrogen (secondary N) is 2. The maximum atomic E-state index is 13.0. The van der Waals surface area contributed by atoms with E-state index in [2.05, 4.69) is 22.8 Å². The molecule has 0 radical (unpaired) electrons. The number of ether oxygens (including phenoxy) is 2. The highest BCUT2D eigenvalue weighted by atomic mass is 16.5. The first-order valence-corrected chi connectivity index (χ1v) is 13.4. The van der Waals surface area contributed by atoms with E-state index in [9.17, 15) is 9.59 Å². The Morgan fingerprint density at radius 1 is 1.11 bits per heavy atom. The summed E-state index contributed by atoms with van der Waals surface area (Å²) < 4.78 is 11.1. The molecule has 3 heterocycles. The zero-order valence-corrected chi connectivity index (χ0v) is 22.4. The van der Waals surface area contributed by atoms with Crippen LogP contribution in [0.25, 0.3) is 0 Å². The maximum Gasteiger partial charge on any atom is 0.328 e. The van der Waals surface area contributed by atoms with Gasteiger partial charge in [-0.2, -0.15) is 0 Å². The predicted octanol–water partition coefficient (Wildman–Crippen LogP) is 4.96. The minimum Gasteiger partial charge on any atom is -0.467 e. The van der Waals surface area contributed by atoms with E-state index in [4.69, 9.17) is 14.5 Å². The fraction of sp³-hybridized carbons (Fsp3) is 0.750. The Hall–Kier alpha value is -2.15. The zero-order chi connectivity index (χ0) is 25.5. The first-order valence-electron chi connectivity index (χ1n) is 13.4. The fourth-order valence-corrected chi connectivity index (χ4v) is 5.65. The van der Waals surface area contributed by atoms with Gasteiger partial charge in [0.25, 0.3) is 0 Å². The molecular formula is C28H45N3O4. The number of pyridine rings is 1. The highest BCUT2D eigenvalue weighted by Gasteiger charge is 2.42. The molecule has 0 aromatic carbocycles. The summed E-state index contributed by atoms with van der Waals surface area (Å²) in [5.41, 5.74) is 1.76. The number of aryl methyl sites for hydroxylation is 2. The van der Waals surface area contributed by atoms with Gasteiger partial charge in [-0.15, -0.1) is 0 Å². The molecule has 2 aliphatic rings. The van der Waals surface area contributed by atoms with Gasteiger partial charge < -0.3 is 20.1 Å². The molecule has 1 aromatic rings. The van der Waals surface area contributed by atoms with Crippen LogP contribution in [0.3, 0.4) is 0 Å². The molecular weight excluding hydrogens is 442 g/mol. The van der Waals surface area contributed by atoms with E-state index in [1.165, 1.54) is 19.1 Å². The van der Waals surface area contributed by atoms with Crippen molar-refractivity contribution in [2.45, 2.75) is 116 Å². The van der Waals surface area contributed by atoms with Gasteiger partial charge in [0.15, 0.2) is 0 Å². The average molecular weight is 488 g/mol. The fourth-order valence-electron chi connectivity index (χ4n) is 5.65. The lowest BCUT2D eigenvalue weighted by Gasteiger charge is -2.45. The first-order chi connectivity index (χ1) is 16.6. The van der Waals surface area contributed by atoms with Gasteiger partial charge in [-0.3, -0.25) is 4.79 Å². The van der Waals surface area contributed by atoms with Crippen LogP contribution in [-0.4, -0.2) is 47.8 Å². The summed E-state index contributed by atoms with van der Waals surface area (Å²) in [5, 5.41) is 6.38. The molecule has 7 heteroatoms.